The highest BCUT2D eigenvalue weighted by Gasteiger charge is 2.52. The van der Waals surface area contributed by atoms with Crippen LogP contribution in [0.3, 0.4) is 0 Å². The van der Waals surface area contributed by atoms with Crippen LogP contribution in [0.25, 0.3) is 0 Å². The molecule has 0 spiro atoms. The van der Waals surface area contributed by atoms with Gasteiger partial charge >= 0.3 is 7.12 Å². The van der Waals surface area contributed by atoms with E-state index in [1.165, 1.54) is 12.8 Å². The van der Waals surface area contributed by atoms with Crippen molar-refractivity contribution in [3.63, 3.8) is 0 Å². The van der Waals surface area contributed by atoms with E-state index in [1.807, 2.05) is 27.7 Å². The zero-order chi connectivity index (χ0) is 16.0. The smallest absolute Gasteiger partial charge is 0.474 e. The Hall–Kier alpha value is -1.14. The van der Waals surface area contributed by atoms with Crippen LogP contribution in [-0.2, 0) is 9.31 Å². The maximum Gasteiger partial charge on any atom is 0.499 e. The molecule has 0 radical (unpaired) electrons. The Morgan fingerprint density at radius 3 is 2.27 bits per heavy atom. The fraction of sp³-hybridized carbons (Fsp3) is 0.688. The summed E-state index contributed by atoms with van der Waals surface area (Å²) in [5.74, 6) is -0.251. The van der Waals surface area contributed by atoms with Crippen LogP contribution in [0.15, 0.2) is 12.1 Å². The van der Waals surface area contributed by atoms with Crippen molar-refractivity contribution in [3.8, 4) is 5.88 Å². The fourth-order valence-electron chi connectivity index (χ4n) is 2.82. The number of hydrogen-bond donors (Lipinski definition) is 0. The van der Waals surface area contributed by atoms with E-state index in [9.17, 15) is 4.39 Å². The Morgan fingerprint density at radius 2 is 1.73 bits per heavy atom. The molecule has 1 aromatic heterocycles. The van der Waals surface area contributed by atoms with E-state index in [1.54, 1.807) is 12.1 Å². The zero-order valence-corrected chi connectivity index (χ0v) is 13.7. The highest BCUT2D eigenvalue weighted by atomic mass is 19.1. The molecular formula is C16H23BFNO3. The maximum atomic E-state index is 14.3. The lowest BCUT2D eigenvalue weighted by atomic mass is 9.80. The van der Waals surface area contributed by atoms with Gasteiger partial charge in [0, 0.05) is 11.5 Å². The van der Waals surface area contributed by atoms with Crippen molar-refractivity contribution in [2.45, 2.75) is 70.7 Å². The van der Waals surface area contributed by atoms with Crippen LogP contribution in [0.4, 0.5) is 4.39 Å². The summed E-state index contributed by atoms with van der Waals surface area (Å²) < 4.78 is 31.8. The number of pyridine rings is 1. The molecule has 1 saturated carbocycles. The summed E-state index contributed by atoms with van der Waals surface area (Å²) in [6, 6.07) is 3.34. The van der Waals surface area contributed by atoms with E-state index in [2.05, 4.69) is 4.98 Å². The molecule has 6 heteroatoms. The number of hydrogen-bond acceptors (Lipinski definition) is 4. The van der Waals surface area contributed by atoms with Crippen molar-refractivity contribution in [1.82, 2.24) is 4.98 Å². The molecule has 1 aliphatic carbocycles. The molecule has 0 atom stereocenters. The number of nitrogens with zero attached hydrogens (tertiary/aromatic N) is 1. The quantitative estimate of drug-likeness (QED) is 0.636. The van der Waals surface area contributed by atoms with Gasteiger partial charge in [0.15, 0.2) is 0 Å². The molecule has 2 fully saturated rings. The summed E-state index contributed by atoms with van der Waals surface area (Å²) in [7, 11) is -0.738. The summed E-state index contributed by atoms with van der Waals surface area (Å²) >= 11 is 0. The third-order valence-electron chi connectivity index (χ3n) is 4.95. The summed E-state index contributed by atoms with van der Waals surface area (Å²) in [5, 5.41) is 0. The molecule has 1 aromatic rings. The van der Waals surface area contributed by atoms with Gasteiger partial charge in [0.2, 0.25) is 11.8 Å². The third kappa shape index (κ3) is 2.86. The fourth-order valence-corrected chi connectivity index (χ4v) is 2.82. The molecule has 2 heterocycles. The summed E-state index contributed by atoms with van der Waals surface area (Å²) in [6.45, 7) is 7.76. The van der Waals surface area contributed by atoms with Gasteiger partial charge in [0.25, 0.3) is 0 Å². The van der Waals surface area contributed by atoms with Crippen LogP contribution >= 0.6 is 0 Å². The van der Waals surface area contributed by atoms with E-state index in [0.717, 1.165) is 12.8 Å². The molecule has 4 nitrogen and oxygen atoms in total. The van der Waals surface area contributed by atoms with Gasteiger partial charge in [-0.25, -0.2) is 0 Å². The minimum Gasteiger partial charge on any atom is -0.474 e. The standard InChI is InChI=1S/C16H23BFNO3/c1-15(2)16(3,4)22-17(21-15)12-9-10-13(19-14(12)18)20-11-7-5-6-8-11/h9-11H,5-8H2,1-4H3. The molecule has 0 N–H and O–H groups in total. The van der Waals surface area contributed by atoms with Crippen molar-refractivity contribution in [1.29, 1.82) is 0 Å². The minimum absolute atomic E-state index is 0.162. The lowest BCUT2D eigenvalue weighted by Crippen LogP contribution is -2.41. The first-order chi connectivity index (χ1) is 10.3. The molecule has 120 valence electrons. The van der Waals surface area contributed by atoms with Crippen LogP contribution in [0.5, 0.6) is 5.88 Å². The largest absolute Gasteiger partial charge is 0.499 e. The average Bonchev–Trinajstić information content (AvgIpc) is 2.96. The van der Waals surface area contributed by atoms with Crippen LogP contribution in [0, 0.1) is 5.95 Å². The Bertz CT molecular complexity index is 542. The van der Waals surface area contributed by atoms with Crippen molar-refractivity contribution >= 4 is 12.6 Å². The van der Waals surface area contributed by atoms with Crippen molar-refractivity contribution in [3.05, 3.63) is 18.1 Å². The van der Waals surface area contributed by atoms with Gasteiger partial charge in [-0.2, -0.15) is 9.37 Å². The van der Waals surface area contributed by atoms with Crippen molar-refractivity contribution in [2.75, 3.05) is 0 Å². The highest BCUT2D eigenvalue weighted by Crippen LogP contribution is 2.36. The first-order valence-corrected chi connectivity index (χ1v) is 7.97. The molecule has 0 bridgehead atoms. The van der Waals surface area contributed by atoms with Gasteiger partial charge < -0.3 is 14.0 Å². The summed E-state index contributed by atoms with van der Waals surface area (Å²) in [5.41, 5.74) is -0.677. The second-order valence-electron chi connectivity index (χ2n) is 7.14. The topological polar surface area (TPSA) is 40.6 Å². The number of halogens is 1. The Kier molecular flexibility index (Phi) is 3.93. The van der Waals surface area contributed by atoms with Crippen LogP contribution in [0.1, 0.15) is 53.4 Å². The van der Waals surface area contributed by atoms with Gasteiger partial charge in [-0.3, -0.25) is 0 Å². The van der Waals surface area contributed by atoms with Crippen molar-refractivity contribution < 1.29 is 18.4 Å². The second kappa shape index (κ2) is 5.50. The maximum absolute atomic E-state index is 14.3. The Labute approximate surface area is 131 Å². The van der Waals surface area contributed by atoms with Crippen LogP contribution < -0.4 is 10.2 Å². The first-order valence-electron chi connectivity index (χ1n) is 7.97. The van der Waals surface area contributed by atoms with Gasteiger partial charge in [0.1, 0.15) is 6.10 Å². The normalized spacial score (nSPS) is 24.0. The molecule has 0 amide bonds. The molecular weight excluding hydrogens is 284 g/mol. The Morgan fingerprint density at radius 1 is 1.14 bits per heavy atom. The zero-order valence-electron chi connectivity index (χ0n) is 13.7. The van der Waals surface area contributed by atoms with Gasteiger partial charge in [-0.15, -0.1) is 0 Å². The van der Waals surface area contributed by atoms with Crippen molar-refractivity contribution in [2.24, 2.45) is 0 Å². The molecule has 22 heavy (non-hydrogen) atoms. The van der Waals surface area contributed by atoms with Gasteiger partial charge in [0.05, 0.1) is 11.2 Å². The minimum atomic E-state index is -0.738. The molecule has 2 aliphatic rings. The van der Waals surface area contributed by atoms with Gasteiger partial charge in [-0.05, 0) is 53.4 Å². The molecule has 0 unspecified atom stereocenters. The number of aromatic nitrogens is 1. The SMILES string of the molecule is CC1(C)OB(c2ccc(OC3CCCC3)nc2F)OC1(C)C. The second-order valence-corrected chi connectivity index (χ2v) is 7.14. The lowest BCUT2D eigenvalue weighted by Gasteiger charge is -2.32. The molecule has 1 saturated heterocycles. The predicted molar refractivity (Wildman–Crippen MR) is 82.8 cm³/mol. The summed E-state index contributed by atoms with van der Waals surface area (Å²) in [4.78, 5) is 3.93. The third-order valence-corrected chi connectivity index (χ3v) is 4.95. The van der Waals surface area contributed by atoms with Gasteiger partial charge in [-0.1, -0.05) is 6.07 Å². The molecule has 3 rings (SSSR count). The monoisotopic (exact) mass is 307 g/mol. The van der Waals surface area contributed by atoms with E-state index in [4.69, 9.17) is 14.0 Å². The predicted octanol–water partition coefficient (Wildman–Crippen LogP) is 2.84. The van der Waals surface area contributed by atoms with Crippen LogP contribution in [-0.4, -0.2) is 29.4 Å². The van der Waals surface area contributed by atoms with Crippen LogP contribution in [0.2, 0.25) is 0 Å². The average molecular weight is 307 g/mol. The summed E-state index contributed by atoms with van der Waals surface area (Å²) in [6.07, 6.45) is 4.53. The van der Waals surface area contributed by atoms with E-state index < -0.39 is 24.3 Å². The van der Waals surface area contributed by atoms with E-state index >= 15 is 0 Å². The highest BCUT2D eigenvalue weighted by molar-refractivity contribution is 6.62. The number of ether oxygens (including phenoxy) is 1. The molecule has 0 aromatic carbocycles. The molecule has 1 aliphatic heterocycles. The van der Waals surface area contributed by atoms with E-state index in [0.29, 0.717) is 11.3 Å². The number of rotatable bonds is 3. The Balaban J connectivity index is 1.75. The van der Waals surface area contributed by atoms with E-state index in [-0.39, 0.29) is 6.10 Å². The lowest BCUT2D eigenvalue weighted by molar-refractivity contribution is 0.00578. The first kappa shape index (κ1) is 15.7.